The van der Waals surface area contributed by atoms with Crippen LogP contribution in [0.3, 0.4) is 0 Å². The van der Waals surface area contributed by atoms with Crippen molar-refractivity contribution in [2.75, 3.05) is 5.32 Å². The maximum absolute atomic E-state index is 12.2. The summed E-state index contributed by atoms with van der Waals surface area (Å²) >= 11 is 0. The molecule has 0 aliphatic rings. The lowest BCUT2D eigenvalue weighted by molar-refractivity contribution is -0.153. The van der Waals surface area contributed by atoms with Crippen LogP contribution in [0.5, 0.6) is 0 Å². The van der Waals surface area contributed by atoms with Crippen LogP contribution in [-0.4, -0.2) is 18.0 Å². The van der Waals surface area contributed by atoms with E-state index in [1.807, 2.05) is 61.5 Å². The molecule has 0 saturated carbocycles. The van der Waals surface area contributed by atoms with Crippen LogP contribution in [0.25, 0.3) is 11.1 Å². The number of hydrogen-bond acceptors (Lipinski definition) is 3. The molecule has 0 fully saturated rings. The Morgan fingerprint density at radius 2 is 1.70 bits per heavy atom. The van der Waals surface area contributed by atoms with Crippen LogP contribution < -0.4 is 5.32 Å². The molecule has 0 aliphatic heterocycles. The molecule has 0 bridgehead atoms. The predicted octanol–water partition coefficient (Wildman–Crippen LogP) is 4.02. The summed E-state index contributed by atoms with van der Waals surface area (Å²) in [6.07, 6.45) is 0.195. The molecule has 0 radical (unpaired) electrons. The van der Waals surface area contributed by atoms with Crippen LogP contribution in [0.4, 0.5) is 5.69 Å². The van der Waals surface area contributed by atoms with Crippen molar-refractivity contribution in [2.45, 2.75) is 32.8 Å². The fourth-order valence-corrected chi connectivity index (χ4v) is 2.21. The molecule has 0 spiro atoms. The second kappa shape index (κ2) is 8.13. The number of rotatable bonds is 6. The number of esters is 1. The first-order chi connectivity index (χ1) is 11.1. The van der Waals surface area contributed by atoms with Crippen molar-refractivity contribution in [1.82, 2.24) is 0 Å². The molecule has 0 saturated heterocycles. The third-order valence-corrected chi connectivity index (χ3v) is 3.40. The van der Waals surface area contributed by atoms with Gasteiger partial charge in [0.2, 0.25) is 0 Å². The van der Waals surface area contributed by atoms with Gasteiger partial charge in [0.15, 0.2) is 6.10 Å². The average Bonchev–Trinajstić information content (AvgIpc) is 2.56. The summed E-state index contributed by atoms with van der Waals surface area (Å²) in [6.45, 7) is 3.47. The van der Waals surface area contributed by atoms with Gasteiger partial charge in [-0.25, -0.2) is 0 Å². The minimum absolute atomic E-state index is 0.318. The van der Waals surface area contributed by atoms with E-state index in [1.165, 1.54) is 0 Å². The van der Waals surface area contributed by atoms with Gasteiger partial charge in [0.1, 0.15) is 0 Å². The maximum atomic E-state index is 12.2. The Hall–Kier alpha value is -2.62. The van der Waals surface area contributed by atoms with Crippen molar-refractivity contribution < 1.29 is 14.3 Å². The highest BCUT2D eigenvalue weighted by Gasteiger charge is 2.18. The zero-order chi connectivity index (χ0) is 16.7. The number of amides is 1. The minimum atomic E-state index is -0.821. The molecule has 120 valence electrons. The fourth-order valence-electron chi connectivity index (χ4n) is 2.21. The quantitative estimate of drug-likeness (QED) is 0.820. The predicted molar refractivity (Wildman–Crippen MR) is 91.0 cm³/mol. The van der Waals surface area contributed by atoms with Crippen LogP contribution in [-0.2, 0) is 14.3 Å². The van der Waals surface area contributed by atoms with Crippen molar-refractivity contribution in [3.63, 3.8) is 0 Å². The van der Waals surface area contributed by atoms with E-state index in [9.17, 15) is 9.59 Å². The van der Waals surface area contributed by atoms with E-state index in [1.54, 1.807) is 6.92 Å². The van der Waals surface area contributed by atoms with Gasteiger partial charge in [-0.3, -0.25) is 9.59 Å². The van der Waals surface area contributed by atoms with E-state index >= 15 is 0 Å². The van der Waals surface area contributed by atoms with E-state index < -0.39 is 6.10 Å². The summed E-state index contributed by atoms with van der Waals surface area (Å²) < 4.78 is 5.12. The first-order valence-corrected chi connectivity index (χ1v) is 7.76. The van der Waals surface area contributed by atoms with E-state index in [-0.39, 0.29) is 11.9 Å². The van der Waals surface area contributed by atoms with Gasteiger partial charge in [-0.1, -0.05) is 55.5 Å². The van der Waals surface area contributed by atoms with E-state index in [0.717, 1.165) is 11.1 Å². The smallest absolute Gasteiger partial charge is 0.306 e. The number of nitrogens with one attached hydrogen (secondary N) is 1. The third-order valence-electron chi connectivity index (χ3n) is 3.40. The molecule has 1 atom stereocenters. The van der Waals surface area contributed by atoms with E-state index in [4.69, 9.17) is 4.74 Å². The Bertz CT molecular complexity index is 667. The Labute approximate surface area is 136 Å². The maximum Gasteiger partial charge on any atom is 0.306 e. The van der Waals surface area contributed by atoms with Gasteiger partial charge in [0.25, 0.3) is 5.91 Å². The molecule has 0 aromatic heterocycles. The normalized spacial score (nSPS) is 11.6. The number of carbonyl (C=O) groups is 2. The standard InChI is InChI=1S/C19H21NO3/c1-3-9-18(21)23-14(2)19(22)20-17-13-8-7-12-16(17)15-10-5-4-6-11-15/h4-8,10-14H,3,9H2,1-2H3,(H,20,22)/t14-/m0/s1. The van der Waals surface area contributed by atoms with Gasteiger partial charge in [-0.15, -0.1) is 0 Å². The lowest BCUT2D eigenvalue weighted by atomic mass is 10.0. The van der Waals surface area contributed by atoms with Crippen LogP contribution in [0.1, 0.15) is 26.7 Å². The highest BCUT2D eigenvalue weighted by Crippen LogP contribution is 2.27. The summed E-state index contributed by atoms with van der Waals surface area (Å²) in [5.74, 6) is -0.690. The molecule has 1 N–H and O–H groups in total. The largest absolute Gasteiger partial charge is 0.453 e. The van der Waals surface area contributed by atoms with Crippen LogP contribution in [0.2, 0.25) is 0 Å². The number of anilines is 1. The monoisotopic (exact) mass is 311 g/mol. The lowest BCUT2D eigenvalue weighted by Gasteiger charge is -2.15. The SMILES string of the molecule is CCCC(=O)O[C@@H](C)C(=O)Nc1ccccc1-c1ccccc1. The van der Waals surface area contributed by atoms with Crippen LogP contribution in [0, 0.1) is 0 Å². The summed E-state index contributed by atoms with van der Waals surface area (Å²) in [5.41, 5.74) is 2.63. The first-order valence-electron chi connectivity index (χ1n) is 7.76. The Balaban J connectivity index is 2.11. The van der Waals surface area contributed by atoms with Gasteiger partial charge in [0, 0.05) is 17.7 Å². The molecule has 4 nitrogen and oxygen atoms in total. The topological polar surface area (TPSA) is 55.4 Å². The number of hydrogen-bond donors (Lipinski definition) is 1. The Morgan fingerprint density at radius 1 is 1.04 bits per heavy atom. The molecule has 0 aliphatic carbocycles. The molecular weight excluding hydrogens is 290 g/mol. The van der Waals surface area contributed by atoms with Gasteiger partial charge >= 0.3 is 5.97 Å². The third kappa shape index (κ3) is 4.68. The molecule has 2 aromatic rings. The minimum Gasteiger partial charge on any atom is -0.453 e. The molecule has 23 heavy (non-hydrogen) atoms. The highest BCUT2D eigenvalue weighted by atomic mass is 16.5. The van der Waals surface area contributed by atoms with Crippen molar-refractivity contribution >= 4 is 17.6 Å². The van der Waals surface area contributed by atoms with E-state index in [2.05, 4.69) is 5.32 Å². The van der Waals surface area contributed by atoms with Crippen molar-refractivity contribution in [3.05, 3.63) is 54.6 Å². The highest BCUT2D eigenvalue weighted by molar-refractivity contribution is 5.98. The van der Waals surface area contributed by atoms with E-state index in [0.29, 0.717) is 18.5 Å². The second-order valence-electron chi connectivity index (χ2n) is 5.28. The zero-order valence-corrected chi connectivity index (χ0v) is 13.4. The lowest BCUT2D eigenvalue weighted by Crippen LogP contribution is -2.30. The molecule has 0 unspecified atom stereocenters. The summed E-state index contributed by atoms with van der Waals surface area (Å²) in [7, 11) is 0. The Morgan fingerprint density at radius 3 is 2.39 bits per heavy atom. The molecular formula is C19H21NO3. The number of ether oxygens (including phenoxy) is 1. The number of para-hydroxylation sites is 1. The second-order valence-corrected chi connectivity index (χ2v) is 5.28. The zero-order valence-electron chi connectivity index (χ0n) is 13.4. The summed E-state index contributed by atoms with van der Waals surface area (Å²) in [6, 6.07) is 17.4. The molecule has 2 rings (SSSR count). The molecule has 1 amide bonds. The van der Waals surface area contributed by atoms with Crippen molar-refractivity contribution in [3.8, 4) is 11.1 Å². The summed E-state index contributed by atoms with van der Waals surface area (Å²) in [4.78, 5) is 23.7. The van der Waals surface area contributed by atoms with Crippen molar-refractivity contribution in [2.24, 2.45) is 0 Å². The Kier molecular flexibility index (Phi) is 5.92. The van der Waals surface area contributed by atoms with Gasteiger partial charge in [-0.2, -0.15) is 0 Å². The van der Waals surface area contributed by atoms with Crippen molar-refractivity contribution in [1.29, 1.82) is 0 Å². The molecule has 2 aromatic carbocycles. The first kappa shape index (κ1) is 16.7. The number of benzene rings is 2. The molecule has 4 heteroatoms. The average molecular weight is 311 g/mol. The fraction of sp³-hybridized carbons (Fsp3) is 0.263. The number of carbonyl (C=O) groups excluding carboxylic acids is 2. The van der Waals surface area contributed by atoms with Gasteiger partial charge < -0.3 is 10.1 Å². The molecule has 0 heterocycles. The van der Waals surface area contributed by atoms with Gasteiger partial charge in [-0.05, 0) is 25.0 Å². The van der Waals surface area contributed by atoms with Gasteiger partial charge in [0.05, 0.1) is 0 Å². The van der Waals surface area contributed by atoms with Crippen LogP contribution >= 0.6 is 0 Å². The van der Waals surface area contributed by atoms with Crippen LogP contribution in [0.15, 0.2) is 54.6 Å². The summed E-state index contributed by atoms with van der Waals surface area (Å²) in [5, 5.41) is 2.84.